The second-order valence-corrected chi connectivity index (χ2v) is 3.05. The van der Waals surface area contributed by atoms with Crippen molar-refractivity contribution in [2.75, 3.05) is 14.1 Å². The lowest BCUT2D eigenvalue weighted by Gasteiger charge is -2.28. The number of rotatable bonds is 2. The van der Waals surface area contributed by atoms with E-state index in [-0.39, 0.29) is 5.54 Å². The number of allylic oxidation sites excluding steroid dienone is 1. The minimum absolute atomic E-state index is 0.203. The molecule has 0 rings (SSSR count). The van der Waals surface area contributed by atoms with Crippen molar-refractivity contribution in [3.05, 3.63) is 12.2 Å². The van der Waals surface area contributed by atoms with Crippen LogP contribution in [-0.4, -0.2) is 24.5 Å². The Hall–Kier alpha value is -0.300. The summed E-state index contributed by atoms with van der Waals surface area (Å²) in [5.74, 6) is 0. The SMILES string of the molecule is C/C=C\C(C)(C)N(C)C. The molecule has 0 heterocycles. The van der Waals surface area contributed by atoms with Gasteiger partial charge in [0.1, 0.15) is 0 Å². The lowest BCUT2D eigenvalue weighted by Crippen LogP contribution is -2.35. The molecule has 0 aliphatic rings. The van der Waals surface area contributed by atoms with Crippen LogP contribution in [0.15, 0.2) is 12.2 Å². The van der Waals surface area contributed by atoms with Crippen LogP contribution in [0.1, 0.15) is 20.8 Å². The first-order chi connectivity index (χ1) is 4.00. The summed E-state index contributed by atoms with van der Waals surface area (Å²) in [5.41, 5.74) is 0.203. The highest BCUT2D eigenvalue weighted by Crippen LogP contribution is 2.10. The molecule has 0 N–H and O–H groups in total. The molecule has 0 aromatic carbocycles. The van der Waals surface area contributed by atoms with E-state index in [0.717, 1.165) is 0 Å². The maximum absolute atomic E-state index is 2.19. The molecule has 0 bridgehead atoms. The molecule has 0 aromatic rings. The molecular formula is C8H17N. The van der Waals surface area contributed by atoms with Crippen LogP contribution in [0, 0.1) is 0 Å². The van der Waals surface area contributed by atoms with E-state index >= 15 is 0 Å². The van der Waals surface area contributed by atoms with Crippen LogP contribution in [0.2, 0.25) is 0 Å². The van der Waals surface area contributed by atoms with Gasteiger partial charge in [0.05, 0.1) is 0 Å². The second kappa shape index (κ2) is 3.02. The Labute approximate surface area is 58.4 Å². The number of nitrogens with zero attached hydrogens (tertiary/aromatic N) is 1. The van der Waals surface area contributed by atoms with E-state index < -0.39 is 0 Å². The molecule has 0 spiro atoms. The third-order valence-electron chi connectivity index (χ3n) is 1.73. The zero-order valence-corrected chi connectivity index (χ0v) is 7.10. The quantitative estimate of drug-likeness (QED) is 0.512. The van der Waals surface area contributed by atoms with E-state index in [1.54, 1.807) is 0 Å². The Morgan fingerprint density at radius 2 is 1.67 bits per heavy atom. The predicted molar refractivity (Wildman–Crippen MR) is 42.6 cm³/mol. The van der Waals surface area contributed by atoms with Crippen molar-refractivity contribution in [1.29, 1.82) is 0 Å². The van der Waals surface area contributed by atoms with Gasteiger partial charge in [-0.15, -0.1) is 0 Å². The summed E-state index contributed by atoms with van der Waals surface area (Å²) in [6.07, 6.45) is 4.27. The molecule has 0 unspecified atom stereocenters. The first-order valence-electron chi connectivity index (χ1n) is 3.32. The van der Waals surface area contributed by atoms with Crippen LogP contribution in [0.5, 0.6) is 0 Å². The number of hydrogen-bond acceptors (Lipinski definition) is 1. The van der Waals surface area contributed by atoms with Gasteiger partial charge in [0, 0.05) is 5.54 Å². The Balaban J connectivity index is 4.01. The number of hydrogen-bond donors (Lipinski definition) is 0. The Bertz CT molecular complexity index is 101. The standard InChI is InChI=1S/C8H17N/c1-6-7-8(2,3)9(4)5/h6-7H,1-5H3/b7-6-. The van der Waals surface area contributed by atoms with E-state index in [9.17, 15) is 0 Å². The molecule has 1 heteroatoms. The summed E-state index contributed by atoms with van der Waals surface area (Å²) >= 11 is 0. The minimum atomic E-state index is 0.203. The smallest absolute Gasteiger partial charge is 0.0328 e. The van der Waals surface area contributed by atoms with Gasteiger partial charge in [0.25, 0.3) is 0 Å². The molecule has 0 saturated heterocycles. The van der Waals surface area contributed by atoms with Gasteiger partial charge in [0.2, 0.25) is 0 Å². The largest absolute Gasteiger partial charge is 0.301 e. The summed E-state index contributed by atoms with van der Waals surface area (Å²) < 4.78 is 0. The summed E-state index contributed by atoms with van der Waals surface area (Å²) in [6, 6.07) is 0. The van der Waals surface area contributed by atoms with Crippen LogP contribution in [0.25, 0.3) is 0 Å². The molecule has 0 aliphatic heterocycles. The molecule has 0 atom stereocenters. The fraction of sp³-hybridized carbons (Fsp3) is 0.750. The fourth-order valence-corrected chi connectivity index (χ4v) is 0.557. The van der Waals surface area contributed by atoms with Crippen molar-refractivity contribution in [3.8, 4) is 0 Å². The van der Waals surface area contributed by atoms with Crippen molar-refractivity contribution in [2.45, 2.75) is 26.3 Å². The third-order valence-corrected chi connectivity index (χ3v) is 1.73. The molecule has 0 saturated carbocycles. The number of likely N-dealkylation sites (N-methyl/N-ethyl adjacent to an activating group) is 1. The van der Waals surface area contributed by atoms with E-state index in [1.165, 1.54) is 0 Å². The van der Waals surface area contributed by atoms with Crippen LogP contribution < -0.4 is 0 Å². The zero-order valence-electron chi connectivity index (χ0n) is 7.10. The fourth-order valence-electron chi connectivity index (χ4n) is 0.557. The highest BCUT2D eigenvalue weighted by Gasteiger charge is 2.14. The molecule has 0 amide bonds. The molecule has 0 radical (unpaired) electrons. The van der Waals surface area contributed by atoms with E-state index in [4.69, 9.17) is 0 Å². The average Bonchev–Trinajstić information content (AvgIpc) is 1.65. The predicted octanol–water partition coefficient (Wildman–Crippen LogP) is 1.90. The molecular weight excluding hydrogens is 110 g/mol. The molecule has 0 fully saturated rings. The highest BCUT2D eigenvalue weighted by atomic mass is 15.1. The van der Waals surface area contributed by atoms with Gasteiger partial charge in [-0.05, 0) is 34.9 Å². The minimum Gasteiger partial charge on any atom is -0.301 e. The van der Waals surface area contributed by atoms with Gasteiger partial charge in [-0.2, -0.15) is 0 Å². The molecule has 54 valence electrons. The van der Waals surface area contributed by atoms with E-state index in [2.05, 4.69) is 45.0 Å². The van der Waals surface area contributed by atoms with Crippen molar-refractivity contribution in [1.82, 2.24) is 4.90 Å². The topological polar surface area (TPSA) is 3.24 Å². The van der Waals surface area contributed by atoms with Gasteiger partial charge in [0.15, 0.2) is 0 Å². The Morgan fingerprint density at radius 3 is 1.78 bits per heavy atom. The molecule has 0 aliphatic carbocycles. The van der Waals surface area contributed by atoms with E-state index in [0.29, 0.717) is 0 Å². The average molecular weight is 127 g/mol. The first-order valence-corrected chi connectivity index (χ1v) is 3.32. The summed E-state index contributed by atoms with van der Waals surface area (Å²) in [6.45, 7) is 6.42. The lowest BCUT2D eigenvalue weighted by atomic mass is 10.0. The third kappa shape index (κ3) is 2.66. The van der Waals surface area contributed by atoms with Gasteiger partial charge >= 0.3 is 0 Å². The van der Waals surface area contributed by atoms with Crippen molar-refractivity contribution >= 4 is 0 Å². The van der Waals surface area contributed by atoms with Crippen molar-refractivity contribution in [3.63, 3.8) is 0 Å². The Morgan fingerprint density at radius 1 is 1.22 bits per heavy atom. The molecule has 1 nitrogen and oxygen atoms in total. The molecule has 9 heavy (non-hydrogen) atoms. The van der Waals surface area contributed by atoms with Crippen molar-refractivity contribution in [2.24, 2.45) is 0 Å². The van der Waals surface area contributed by atoms with Crippen LogP contribution in [0.4, 0.5) is 0 Å². The van der Waals surface area contributed by atoms with Crippen LogP contribution in [0.3, 0.4) is 0 Å². The molecule has 0 aromatic heterocycles. The van der Waals surface area contributed by atoms with Gasteiger partial charge in [-0.1, -0.05) is 12.2 Å². The maximum Gasteiger partial charge on any atom is 0.0328 e. The van der Waals surface area contributed by atoms with Crippen molar-refractivity contribution < 1.29 is 0 Å². The van der Waals surface area contributed by atoms with Gasteiger partial charge in [-0.25, -0.2) is 0 Å². The zero-order chi connectivity index (χ0) is 7.49. The normalized spacial score (nSPS) is 13.6. The Kier molecular flexibility index (Phi) is 2.92. The summed E-state index contributed by atoms with van der Waals surface area (Å²) in [5, 5.41) is 0. The first kappa shape index (κ1) is 8.70. The second-order valence-electron chi connectivity index (χ2n) is 3.05. The van der Waals surface area contributed by atoms with Crippen LogP contribution >= 0.6 is 0 Å². The highest BCUT2D eigenvalue weighted by molar-refractivity contribution is 4.99. The van der Waals surface area contributed by atoms with E-state index in [1.807, 2.05) is 6.92 Å². The van der Waals surface area contributed by atoms with Gasteiger partial charge in [-0.3, -0.25) is 0 Å². The van der Waals surface area contributed by atoms with Crippen LogP contribution in [-0.2, 0) is 0 Å². The summed E-state index contributed by atoms with van der Waals surface area (Å²) in [7, 11) is 4.17. The monoisotopic (exact) mass is 127 g/mol. The summed E-state index contributed by atoms with van der Waals surface area (Å²) in [4.78, 5) is 2.19. The van der Waals surface area contributed by atoms with Gasteiger partial charge < -0.3 is 4.90 Å². The maximum atomic E-state index is 2.19. The lowest BCUT2D eigenvalue weighted by molar-refractivity contribution is 0.252.